The molecular weight excluding hydrogens is 274 g/mol. The minimum atomic E-state index is -0.508. The van der Waals surface area contributed by atoms with Gasteiger partial charge in [0.15, 0.2) is 0 Å². The Kier molecular flexibility index (Phi) is 4.07. The molecule has 2 rings (SSSR count). The molecule has 0 fully saturated rings. The fraction of sp³-hybridized carbons (Fsp3) is 0.154. The largest absolute Gasteiger partial charge is 0.430 e. The average molecular weight is 287 g/mol. The van der Waals surface area contributed by atoms with Crippen molar-refractivity contribution in [2.75, 3.05) is 0 Å². The Bertz CT molecular complexity index is 685. The van der Waals surface area contributed by atoms with E-state index in [1.165, 1.54) is 24.5 Å². The van der Waals surface area contributed by atoms with E-state index in [9.17, 15) is 10.1 Å². The highest BCUT2D eigenvalue weighted by molar-refractivity contribution is 5.92. The van der Waals surface area contributed by atoms with Crippen molar-refractivity contribution in [3.8, 4) is 11.6 Å². The third-order valence-corrected chi connectivity index (χ3v) is 2.75. The maximum Gasteiger partial charge on any atom is 0.311 e. The Balaban J connectivity index is 2.30. The van der Waals surface area contributed by atoms with Crippen LogP contribution in [0.25, 0.3) is 0 Å². The summed E-state index contributed by atoms with van der Waals surface area (Å²) in [6.07, 6.45) is 3.21. The van der Waals surface area contributed by atoms with Crippen molar-refractivity contribution >= 4 is 11.5 Å². The van der Waals surface area contributed by atoms with Gasteiger partial charge in [0.25, 0.3) is 0 Å². The number of rotatable bonds is 5. The fourth-order valence-corrected chi connectivity index (χ4v) is 1.63. The predicted octanol–water partition coefficient (Wildman–Crippen LogP) is 2.02. The third kappa shape index (κ3) is 3.30. The van der Waals surface area contributed by atoms with Crippen molar-refractivity contribution in [2.24, 2.45) is 5.73 Å². The zero-order chi connectivity index (χ0) is 15.4. The number of amidine groups is 1. The molecule has 0 saturated carbocycles. The summed E-state index contributed by atoms with van der Waals surface area (Å²) in [4.78, 5) is 18.3. The zero-order valence-corrected chi connectivity index (χ0v) is 11.2. The number of nitro groups is 1. The van der Waals surface area contributed by atoms with Crippen molar-refractivity contribution in [1.82, 2.24) is 9.97 Å². The topological polar surface area (TPSA) is 128 Å². The summed E-state index contributed by atoms with van der Waals surface area (Å²) >= 11 is 0. The van der Waals surface area contributed by atoms with Gasteiger partial charge >= 0.3 is 5.69 Å². The summed E-state index contributed by atoms with van der Waals surface area (Å²) in [7, 11) is 0. The Morgan fingerprint density at radius 3 is 2.71 bits per heavy atom. The maximum absolute atomic E-state index is 11.1. The molecule has 3 N–H and O–H groups in total. The molecule has 8 nitrogen and oxygen atoms in total. The van der Waals surface area contributed by atoms with Crippen LogP contribution in [0.15, 0.2) is 30.6 Å². The molecule has 21 heavy (non-hydrogen) atoms. The first-order chi connectivity index (χ1) is 10.0. The first kappa shape index (κ1) is 14.4. The van der Waals surface area contributed by atoms with E-state index in [0.29, 0.717) is 6.42 Å². The van der Waals surface area contributed by atoms with Crippen LogP contribution in [0.4, 0.5) is 5.69 Å². The van der Waals surface area contributed by atoms with Crippen molar-refractivity contribution in [3.63, 3.8) is 0 Å². The molecule has 0 aliphatic carbocycles. The minimum absolute atomic E-state index is 0.0853. The first-order valence-corrected chi connectivity index (χ1v) is 6.13. The lowest BCUT2D eigenvalue weighted by Crippen LogP contribution is -2.13. The highest BCUT2D eigenvalue weighted by atomic mass is 16.6. The second-order valence-electron chi connectivity index (χ2n) is 4.17. The van der Waals surface area contributed by atoms with Crippen LogP contribution in [0.2, 0.25) is 0 Å². The molecule has 0 saturated heterocycles. The minimum Gasteiger partial charge on any atom is -0.430 e. The highest BCUT2D eigenvalue weighted by Gasteiger charge is 2.17. The highest BCUT2D eigenvalue weighted by Crippen LogP contribution is 2.31. The molecule has 0 aliphatic rings. The number of aryl methyl sites for hydroxylation is 1. The van der Waals surface area contributed by atoms with Crippen LogP contribution in [0, 0.1) is 15.5 Å². The smallest absolute Gasteiger partial charge is 0.311 e. The number of nitrogens with two attached hydrogens (primary N) is 1. The second kappa shape index (κ2) is 5.95. The van der Waals surface area contributed by atoms with Crippen LogP contribution in [-0.4, -0.2) is 20.7 Å². The monoisotopic (exact) mass is 287 g/mol. The molecule has 0 bridgehead atoms. The molecule has 1 heterocycles. The van der Waals surface area contributed by atoms with E-state index in [4.69, 9.17) is 15.9 Å². The van der Waals surface area contributed by atoms with E-state index in [1.54, 1.807) is 6.07 Å². The third-order valence-electron chi connectivity index (χ3n) is 2.75. The van der Waals surface area contributed by atoms with Gasteiger partial charge in [0, 0.05) is 6.07 Å². The molecular formula is C13H13N5O3. The lowest BCUT2D eigenvalue weighted by Gasteiger charge is -2.06. The lowest BCUT2D eigenvalue weighted by molar-refractivity contribution is -0.385. The summed E-state index contributed by atoms with van der Waals surface area (Å²) < 4.78 is 5.38. The summed E-state index contributed by atoms with van der Waals surface area (Å²) in [6, 6.07) is 4.74. The van der Waals surface area contributed by atoms with Gasteiger partial charge in [-0.3, -0.25) is 15.5 Å². The summed E-state index contributed by atoms with van der Waals surface area (Å²) in [5.74, 6) is -0.0400. The zero-order valence-electron chi connectivity index (χ0n) is 11.2. The molecule has 0 atom stereocenters. The van der Waals surface area contributed by atoms with Crippen LogP contribution in [-0.2, 0) is 6.42 Å². The van der Waals surface area contributed by atoms with E-state index in [2.05, 4.69) is 9.97 Å². The number of nitrogens with zero attached hydrogens (tertiary/aromatic N) is 3. The molecule has 1 aromatic carbocycles. The SMILES string of the molecule is CCc1ccc(Oc2cnc(C(=N)N)cn2)c([N+](=O)[O-])c1. The first-order valence-electron chi connectivity index (χ1n) is 6.13. The van der Waals surface area contributed by atoms with Crippen LogP contribution < -0.4 is 10.5 Å². The molecule has 0 aliphatic heterocycles. The quantitative estimate of drug-likeness (QED) is 0.374. The summed E-state index contributed by atoms with van der Waals surface area (Å²) in [5.41, 5.74) is 6.18. The van der Waals surface area contributed by atoms with Gasteiger partial charge in [-0.1, -0.05) is 13.0 Å². The molecule has 0 unspecified atom stereocenters. The van der Waals surface area contributed by atoms with E-state index in [-0.39, 0.29) is 28.8 Å². The number of hydrogen-bond acceptors (Lipinski definition) is 6. The molecule has 8 heteroatoms. The Labute approximate surface area is 120 Å². The number of benzene rings is 1. The Morgan fingerprint density at radius 1 is 1.43 bits per heavy atom. The van der Waals surface area contributed by atoms with Gasteiger partial charge in [-0.25, -0.2) is 9.97 Å². The van der Waals surface area contributed by atoms with Crippen molar-refractivity contribution in [1.29, 1.82) is 5.41 Å². The number of nitrogens with one attached hydrogen (secondary N) is 1. The van der Waals surface area contributed by atoms with E-state index >= 15 is 0 Å². The number of aromatic nitrogens is 2. The van der Waals surface area contributed by atoms with Crippen molar-refractivity contribution in [3.05, 3.63) is 52.0 Å². The standard InChI is InChI=1S/C13H13N5O3/c1-2-8-3-4-11(10(5-8)18(19)20)21-12-7-16-9(6-17-12)13(14)15/h3-7H,2H2,1H3,(H3,14,15). The molecule has 0 amide bonds. The number of nitrogen functional groups attached to an aromatic ring is 1. The van der Waals surface area contributed by atoms with E-state index in [0.717, 1.165) is 5.56 Å². The van der Waals surface area contributed by atoms with Gasteiger partial charge in [0.1, 0.15) is 11.5 Å². The maximum atomic E-state index is 11.1. The average Bonchev–Trinajstić information content (AvgIpc) is 2.48. The fourth-order valence-electron chi connectivity index (χ4n) is 1.63. The van der Waals surface area contributed by atoms with Gasteiger partial charge in [-0.15, -0.1) is 0 Å². The van der Waals surface area contributed by atoms with Crippen LogP contribution in [0.5, 0.6) is 11.6 Å². The molecule has 2 aromatic rings. The summed E-state index contributed by atoms with van der Waals surface area (Å²) in [6.45, 7) is 1.91. The normalized spacial score (nSPS) is 10.1. The molecule has 0 spiro atoms. The van der Waals surface area contributed by atoms with Gasteiger partial charge in [0.05, 0.1) is 17.3 Å². The van der Waals surface area contributed by atoms with Crippen molar-refractivity contribution in [2.45, 2.75) is 13.3 Å². The number of hydrogen-bond donors (Lipinski definition) is 2. The van der Waals surface area contributed by atoms with Gasteiger partial charge in [-0.05, 0) is 18.1 Å². The second-order valence-corrected chi connectivity index (χ2v) is 4.17. The van der Waals surface area contributed by atoms with Crippen molar-refractivity contribution < 1.29 is 9.66 Å². The van der Waals surface area contributed by atoms with Crippen LogP contribution in [0.3, 0.4) is 0 Å². The molecule has 108 valence electrons. The number of nitro benzene ring substituents is 1. The van der Waals surface area contributed by atoms with Crippen LogP contribution in [0.1, 0.15) is 18.2 Å². The van der Waals surface area contributed by atoms with Gasteiger partial charge in [0.2, 0.25) is 11.6 Å². The van der Waals surface area contributed by atoms with Gasteiger partial charge < -0.3 is 10.5 Å². The predicted molar refractivity (Wildman–Crippen MR) is 75.6 cm³/mol. The van der Waals surface area contributed by atoms with Crippen LogP contribution >= 0.6 is 0 Å². The van der Waals surface area contributed by atoms with Gasteiger partial charge in [-0.2, -0.15) is 0 Å². The molecule has 0 radical (unpaired) electrons. The molecule has 1 aromatic heterocycles. The Morgan fingerprint density at radius 2 is 2.19 bits per heavy atom. The number of ether oxygens (including phenoxy) is 1. The summed E-state index contributed by atoms with van der Waals surface area (Å²) in [5, 5.41) is 18.3. The van der Waals surface area contributed by atoms with E-state index < -0.39 is 4.92 Å². The van der Waals surface area contributed by atoms with E-state index in [1.807, 2.05) is 6.92 Å². The Hall–Kier alpha value is -3.03. The lowest BCUT2D eigenvalue weighted by atomic mass is 10.1.